The third-order valence-corrected chi connectivity index (χ3v) is 2.52. The summed E-state index contributed by atoms with van der Waals surface area (Å²) < 4.78 is 0. The molecule has 5 heteroatoms. The van der Waals surface area contributed by atoms with Crippen molar-refractivity contribution in [3.63, 3.8) is 0 Å². The summed E-state index contributed by atoms with van der Waals surface area (Å²) in [5.41, 5.74) is 3.15. The molecule has 0 aromatic carbocycles. The van der Waals surface area contributed by atoms with Crippen LogP contribution in [0.15, 0.2) is 60.9 Å². The normalized spacial score (nSPS) is 9.68. The monoisotopic (exact) mass is 298 g/mol. The maximum absolute atomic E-state index is 4.23. The Hall–Kier alpha value is -2.00. The number of hydrogen-bond donors (Lipinski definition) is 0. The van der Waals surface area contributed by atoms with Crippen LogP contribution in [0, 0.1) is 0 Å². The molecule has 0 radical (unpaired) electrons. The van der Waals surface area contributed by atoms with Gasteiger partial charge in [-0.05, 0) is 36.4 Å². The molecule has 0 unspecified atom stereocenters. The van der Waals surface area contributed by atoms with Gasteiger partial charge in [0.15, 0.2) is 0 Å². The minimum Gasteiger partial charge on any atom is -0.255 e. The van der Waals surface area contributed by atoms with Gasteiger partial charge in [0.2, 0.25) is 0 Å². The number of aromatic nitrogens is 4. The van der Waals surface area contributed by atoms with E-state index in [1.165, 1.54) is 0 Å². The zero-order valence-corrected chi connectivity index (χ0v) is 13.2. The molecular formula is C14H10N4Zn. The summed E-state index contributed by atoms with van der Waals surface area (Å²) in [7, 11) is 0. The van der Waals surface area contributed by atoms with Crippen LogP contribution in [0.5, 0.6) is 0 Å². The van der Waals surface area contributed by atoms with Crippen molar-refractivity contribution in [2.45, 2.75) is 0 Å². The van der Waals surface area contributed by atoms with Gasteiger partial charge in [-0.1, -0.05) is 12.1 Å². The molecule has 3 rings (SSSR count). The Morgan fingerprint density at radius 2 is 1.00 bits per heavy atom. The van der Waals surface area contributed by atoms with Crippen LogP contribution in [0.3, 0.4) is 0 Å². The molecule has 3 aromatic rings. The second kappa shape index (κ2) is 6.25. The zero-order chi connectivity index (χ0) is 12.2. The SMILES string of the molecule is [Zn].c1ccc(-c2ccc(-c3ccccn3)nn2)nc1. The average Bonchev–Trinajstić information content (AvgIpc) is 2.49. The molecular weight excluding hydrogens is 290 g/mol. The van der Waals surface area contributed by atoms with E-state index in [-0.39, 0.29) is 19.5 Å². The van der Waals surface area contributed by atoms with E-state index >= 15 is 0 Å². The molecule has 4 nitrogen and oxygen atoms in total. The Kier molecular flexibility index (Phi) is 4.42. The molecule has 0 bridgehead atoms. The van der Waals surface area contributed by atoms with Crippen molar-refractivity contribution in [2.24, 2.45) is 0 Å². The van der Waals surface area contributed by atoms with Gasteiger partial charge < -0.3 is 0 Å². The predicted molar refractivity (Wildman–Crippen MR) is 68.5 cm³/mol. The van der Waals surface area contributed by atoms with Gasteiger partial charge in [-0.3, -0.25) is 9.97 Å². The molecule has 3 aromatic heterocycles. The quantitative estimate of drug-likeness (QED) is 0.683. The molecule has 0 saturated heterocycles. The van der Waals surface area contributed by atoms with E-state index in [2.05, 4.69) is 20.2 Å². The fourth-order valence-electron chi connectivity index (χ4n) is 1.63. The van der Waals surface area contributed by atoms with E-state index in [0.29, 0.717) is 0 Å². The first-order valence-corrected chi connectivity index (χ1v) is 5.60. The second-order valence-electron chi connectivity index (χ2n) is 3.73. The smallest absolute Gasteiger partial charge is 0.111 e. The summed E-state index contributed by atoms with van der Waals surface area (Å²) in [6.45, 7) is 0. The van der Waals surface area contributed by atoms with Crippen molar-refractivity contribution in [1.82, 2.24) is 20.2 Å². The van der Waals surface area contributed by atoms with Crippen LogP contribution >= 0.6 is 0 Å². The van der Waals surface area contributed by atoms with Crippen LogP contribution in [0.1, 0.15) is 0 Å². The predicted octanol–water partition coefficient (Wildman–Crippen LogP) is 2.60. The molecule has 0 N–H and O–H groups in total. The van der Waals surface area contributed by atoms with E-state index in [1.807, 2.05) is 48.5 Å². The van der Waals surface area contributed by atoms with Crippen molar-refractivity contribution in [2.75, 3.05) is 0 Å². The van der Waals surface area contributed by atoms with Gasteiger partial charge in [-0.15, -0.1) is 10.2 Å². The third kappa shape index (κ3) is 3.06. The summed E-state index contributed by atoms with van der Waals surface area (Å²) >= 11 is 0. The van der Waals surface area contributed by atoms with Crippen LogP contribution in [-0.2, 0) is 19.5 Å². The van der Waals surface area contributed by atoms with Crippen LogP contribution in [0.2, 0.25) is 0 Å². The van der Waals surface area contributed by atoms with Gasteiger partial charge >= 0.3 is 0 Å². The minimum absolute atomic E-state index is 0. The molecule has 0 spiro atoms. The van der Waals surface area contributed by atoms with Crippen molar-refractivity contribution in [3.05, 3.63) is 60.9 Å². The van der Waals surface area contributed by atoms with Crippen LogP contribution in [0.25, 0.3) is 22.8 Å². The molecule has 3 heterocycles. The minimum atomic E-state index is 0. The molecule has 0 aliphatic heterocycles. The summed E-state index contributed by atoms with van der Waals surface area (Å²) in [6.07, 6.45) is 3.48. The van der Waals surface area contributed by atoms with E-state index in [0.717, 1.165) is 22.8 Å². The van der Waals surface area contributed by atoms with Crippen molar-refractivity contribution in [1.29, 1.82) is 0 Å². The maximum atomic E-state index is 4.23. The fraction of sp³-hybridized carbons (Fsp3) is 0. The van der Waals surface area contributed by atoms with Crippen molar-refractivity contribution >= 4 is 0 Å². The maximum Gasteiger partial charge on any atom is 0.111 e. The Labute approximate surface area is 123 Å². The Morgan fingerprint density at radius 3 is 1.32 bits per heavy atom. The topological polar surface area (TPSA) is 51.6 Å². The molecule has 0 fully saturated rings. The summed E-state index contributed by atoms with van der Waals surface area (Å²) in [6, 6.07) is 15.2. The number of pyridine rings is 2. The van der Waals surface area contributed by atoms with Gasteiger partial charge in [-0.2, -0.15) is 0 Å². The Bertz CT molecular complexity index is 568. The first-order chi connectivity index (χ1) is 8.93. The number of rotatable bonds is 2. The number of hydrogen-bond acceptors (Lipinski definition) is 4. The summed E-state index contributed by atoms with van der Waals surface area (Å²) in [5, 5.41) is 8.35. The Morgan fingerprint density at radius 1 is 0.526 bits per heavy atom. The first kappa shape index (κ1) is 13.4. The molecule has 0 aliphatic rings. The van der Waals surface area contributed by atoms with E-state index in [4.69, 9.17) is 0 Å². The van der Waals surface area contributed by atoms with Gasteiger partial charge in [-0.25, -0.2) is 0 Å². The summed E-state index contributed by atoms with van der Waals surface area (Å²) in [5.74, 6) is 0. The molecule has 88 valence electrons. The van der Waals surface area contributed by atoms with Gasteiger partial charge in [0.25, 0.3) is 0 Å². The van der Waals surface area contributed by atoms with E-state index < -0.39 is 0 Å². The van der Waals surface area contributed by atoms with Crippen LogP contribution in [-0.4, -0.2) is 20.2 Å². The molecule has 0 aliphatic carbocycles. The van der Waals surface area contributed by atoms with Gasteiger partial charge in [0.05, 0.1) is 11.4 Å². The Balaban J connectivity index is 0.00000133. The molecule has 0 saturated carbocycles. The van der Waals surface area contributed by atoms with Gasteiger partial charge in [0, 0.05) is 31.9 Å². The van der Waals surface area contributed by atoms with Crippen LogP contribution in [0.4, 0.5) is 0 Å². The zero-order valence-electron chi connectivity index (χ0n) is 10.3. The summed E-state index contributed by atoms with van der Waals surface area (Å²) in [4.78, 5) is 8.47. The molecule has 0 amide bonds. The largest absolute Gasteiger partial charge is 0.255 e. The molecule has 0 atom stereocenters. The van der Waals surface area contributed by atoms with Gasteiger partial charge in [0.1, 0.15) is 11.4 Å². The van der Waals surface area contributed by atoms with E-state index in [1.54, 1.807) is 12.4 Å². The van der Waals surface area contributed by atoms with Crippen LogP contribution < -0.4 is 0 Å². The average molecular weight is 300 g/mol. The van der Waals surface area contributed by atoms with Crippen molar-refractivity contribution in [3.8, 4) is 22.8 Å². The molecule has 19 heavy (non-hydrogen) atoms. The standard InChI is InChI=1S/C14H10N4.Zn/c1-3-9-15-11(5-1)13-7-8-14(18-17-13)12-6-2-4-10-16-12;/h1-10H;. The first-order valence-electron chi connectivity index (χ1n) is 5.60. The third-order valence-electron chi connectivity index (χ3n) is 2.52. The van der Waals surface area contributed by atoms with Crippen molar-refractivity contribution < 1.29 is 19.5 Å². The fourth-order valence-corrected chi connectivity index (χ4v) is 1.63. The number of nitrogens with zero attached hydrogens (tertiary/aromatic N) is 4. The van der Waals surface area contributed by atoms with E-state index in [9.17, 15) is 0 Å². The second-order valence-corrected chi connectivity index (χ2v) is 3.73.